The SMILES string of the molecule is NCC1CC12CCN(CC1CC3C=CC1C3)CC2. The van der Waals surface area contributed by atoms with Crippen LogP contribution in [0.2, 0.25) is 0 Å². The molecule has 4 unspecified atom stereocenters. The predicted octanol–water partition coefficient (Wildman–Crippen LogP) is 2.26. The fraction of sp³-hybridized carbons (Fsp3) is 0.875. The van der Waals surface area contributed by atoms with Gasteiger partial charge in [-0.2, -0.15) is 0 Å². The number of nitrogens with two attached hydrogens (primary N) is 1. The summed E-state index contributed by atoms with van der Waals surface area (Å²) >= 11 is 0. The van der Waals surface area contributed by atoms with Crippen molar-refractivity contribution in [1.82, 2.24) is 4.90 Å². The molecule has 1 spiro atoms. The Balaban J connectivity index is 1.29. The van der Waals surface area contributed by atoms with E-state index in [1.807, 2.05) is 0 Å². The van der Waals surface area contributed by atoms with Crippen LogP contribution in [-0.4, -0.2) is 31.1 Å². The molecule has 2 bridgehead atoms. The zero-order valence-corrected chi connectivity index (χ0v) is 11.4. The minimum absolute atomic E-state index is 0.694. The Kier molecular flexibility index (Phi) is 2.60. The summed E-state index contributed by atoms with van der Waals surface area (Å²) in [5, 5.41) is 0. The summed E-state index contributed by atoms with van der Waals surface area (Å²) in [6.45, 7) is 4.98. The summed E-state index contributed by atoms with van der Waals surface area (Å²) in [6.07, 6.45) is 12.1. The van der Waals surface area contributed by atoms with Crippen molar-refractivity contribution < 1.29 is 0 Å². The molecule has 2 N–H and O–H groups in total. The Morgan fingerprint density at radius 1 is 1.17 bits per heavy atom. The second kappa shape index (κ2) is 4.08. The van der Waals surface area contributed by atoms with Crippen molar-refractivity contribution >= 4 is 0 Å². The third kappa shape index (κ3) is 1.77. The van der Waals surface area contributed by atoms with E-state index >= 15 is 0 Å². The topological polar surface area (TPSA) is 29.3 Å². The highest BCUT2D eigenvalue weighted by Crippen LogP contribution is 2.58. The van der Waals surface area contributed by atoms with Crippen molar-refractivity contribution in [3.63, 3.8) is 0 Å². The van der Waals surface area contributed by atoms with Crippen LogP contribution < -0.4 is 5.73 Å². The largest absolute Gasteiger partial charge is 0.330 e. The fourth-order valence-electron chi connectivity index (χ4n) is 4.99. The normalized spacial score (nSPS) is 44.9. The van der Waals surface area contributed by atoms with Gasteiger partial charge in [0.2, 0.25) is 0 Å². The highest BCUT2D eigenvalue weighted by Gasteiger charge is 2.53. The lowest BCUT2D eigenvalue weighted by Crippen LogP contribution is -2.39. The Hall–Kier alpha value is -0.340. The molecule has 0 radical (unpaired) electrons. The number of nitrogens with zero attached hydrogens (tertiary/aromatic N) is 1. The standard InChI is InChI=1S/C16H26N2/c17-10-15-9-16(15)3-5-18(6-4-16)11-14-8-12-1-2-13(14)7-12/h1-2,12-15H,3-11,17H2. The molecular formula is C16H26N2. The summed E-state index contributed by atoms with van der Waals surface area (Å²) in [6, 6.07) is 0. The van der Waals surface area contributed by atoms with Crippen LogP contribution in [0.15, 0.2) is 12.2 Å². The van der Waals surface area contributed by atoms with Crippen LogP contribution >= 0.6 is 0 Å². The van der Waals surface area contributed by atoms with Gasteiger partial charge in [-0.25, -0.2) is 0 Å². The molecule has 4 atom stereocenters. The number of hydrogen-bond acceptors (Lipinski definition) is 2. The number of hydrogen-bond donors (Lipinski definition) is 1. The molecule has 0 aromatic carbocycles. The van der Waals surface area contributed by atoms with E-state index in [1.54, 1.807) is 0 Å². The summed E-state index contributed by atoms with van der Waals surface area (Å²) in [4.78, 5) is 2.75. The molecular weight excluding hydrogens is 220 g/mol. The average molecular weight is 246 g/mol. The third-order valence-electron chi connectivity index (χ3n) is 6.40. The summed E-state index contributed by atoms with van der Waals surface area (Å²) < 4.78 is 0. The van der Waals surface area contributed by atoms with Gasteiger partial charge in [-0.1, -0.05) is 12.2 Å². The Bertz CT molecular complexity index is 354. The summed E-state index contributed by atoms with van der Waals surface area (Å²) in [7, 11) is 0. The molecule has 0 aromatic rings. The van der Waals surface area contributed by atoms with E-state index < -0.39 is 0 Å². The second-order valence-electron chi connectivity index (χ2n) is 7.34. The van der Waals surface area contributed by atoms with Crippen LogP contribution in [0.25, 0.3) is 0 Å². The molecule has 3 fully saturated rings. The number of likely N-dealkylation sites (tertiary alicyclic amines) is 1. The van der Waals surface area contributed by atoms with Crippen LogP contribution in [0.1, 0.15) is 32.1 Å². The lowest BCUT2D eigenvalue weighted by atomic mass is 9.88. The maximum atomic E-state index is 5.83. The van der Waals surface area contributed by atoms with Gasteiger partial charge in [0.15, 0.2) is 0 Å². The van der Waals surface area contributed by atoms with E-state index in [0.717, 1.165) is 30.2 Å². The summed E-state index contributed by atoms with van der Waals surface area (Å²) in [5.74, 6) is 3.69. The first-order valence-corrected chi connectivity index (χ1v) is 7.90. The molecule has 4 aliphatic rings. The highest BCUT2D eigenvalue weighted by atomic mass is 15.1. The van der Waals surface area contributed by atoms with E-state index in [2.05, 4.69) is 17.1 Å². The van der Waals surface area contributed by atoms with Crippen LogP contribution in [0, 0.1) is 29.1 Å². The molecule has 4 rings (SSSR count). The molecule has 18 heavy (non-hydrogen) atoms. The molecule has 2 heteroatoms. The van der Waals surface area contributed by atoms with Crippen LogP contribution in [0.4, 0.5) is 0 Å². The minimum atomic E-state index is 0.694. The predicted molar refractivity (Wildman–Crippen MR) is 74.1 cm³/mol. The molecule has 1 saturated heterocycles. The molecule has 100 valence electrons. The van der Waals surface area contributed by atoms with Crippen LogP contribution in [-0.2, 0) is 0 Å². The van der Waals surface area contributed by atoms with E-state index in [1.165, 1.54) is 51.7 Å². The van der Waals surface area contributed by atoms with E-state index in [4.69, 9.17) is 5.73 Å². The minimum Gasteiger partial charge on any atom is -0.330 e. The highest BCUT2D eigenvalue weighted by molar-refractivity contribution is 5.11. The van der Waals surface area contributed by atoms with Gasteiger partial charge in [0.25, 0.3) is 0 Å². The van der Waals surface area contributed by atoms with Crippen molar-refractivity contribution in [2.24, 2.45) is 34.8 Å². The van der Waals surface area contributed by atoms with Crippen molar-refractivity contribution in [3.8, 4) is 0 Å². The first-order valence-electron chi connectivity index (χ1n) is 7.90. The Morgan fingerprint density at radius 2 is 2.00 bits per heavy atom. The number of piperidine rings is 1. The Labute approximate surface area is 111 Å². The summed E-state index contributed by atoms with van der Waals surface area (Å²) in [5.41, 5.74) is 6.52. The quantitative estimate of drug-likeness (QED) is 0.774. The molecule has 0 amide bonds. The molecule has 3 aliphatic carbocycles. The van der Waals surface area contributed by atoms with Gasteiger partial charge < -0.3 is 10.6 Å². The molecule has 2 saturated carbocycles. The maximum Gasteiger partial charge on any atom is 0.00155 e. The van der Waals surface area contributed by atoms with Crippen molar-refractivity contribution in [2.75, 3.05) is 26.2 Å². The molecule has 2 nitrogen and oxygen atoms in total. The third-order valence-corrected chi connectivity index (χ3v) is 6.40. The fourth-order valence-corrected chi connectivity index (χ4v) is 4.99. The van der Waals surface area contributed by atoms with Crippen molar-refractivity contribution in [3.05, 3.63) is 12.2 Å². The van der Waals surface area contributed by atoms with Crippen LogP contribution in [0.5, 0.6) is 0 Å². The van der Waals surface area contributed by atoms with Crippen molar-refractivity contribution in [2.45, 2.75) is 32.1 Å². The molecule has 0 aromatic heterocycles. The lowest BCUT2D eigenvalue weighted by molar-refractivity contribution is 0.136. The van der Waals surface area contributed by atoms with Gasteiger partial charge in [0.1, 0.15) is 0 Å². The van der Waals surface area contributed by atoms with Crippen LogP contribution in [0.3, 0.4) is 0 Å². The van der Waals surface area contributed by atoms with Gasteiger partial charge in [0.05, 0.1) is 0 Å². The average Bonchev–Trinajstić information content (AvgIpc) is 2.75. The number of allylic oxidation sites excluding steroid dienone is 2. The van der Waals surface area contributed by atoms with E-state index in [9.17, 15) is 0 Å². The zero-order valence-electron chi connectivity index (χ0n) is 11.4. The molecule has 1 aliphatic heterocycles. The van der Waals surface area contributed by atoms with E-state index in [-0.39, 0.29) is 0 Å². The Morgan fingerprint density at radius 3 is 2.56 bits per heavy atom. The number of rotatable bonds is 3. The molecule has 1 heterocycles. The van der Waals surface area contributed by atoms with Gasteiger partial charge in [-0.3, -0.25) is 0 Å². The van der Waals surface area contributed by atoms with E-state index in [0.29, 0.717) is 5.41 Å². The van der Waals surface area contributed by atoms with Crippen molar-refractivity contribution in [1.29, 1.82) is 0 Å². The van der Waals surface area contributed by atoms with Gasteiger partial charge in [-0.15, -0.1) is 0 Å². The lowest BCUT2D eigenvalue weighted by Gasteiger charge is -2.35. The van der Waals surface area contributed by atoms with Gasteiger partial charge in [0, 0.05) is 6.54 Å². The first-order chi connectivity index (χ1) is 8.79. The maximum absolute atomic E-state index is 5.83. The number of fused-ring (bicyclic) bond motifs is 2. The van der Waals surface area contributed by atoms with Gasteiger partial charge >= 0.3 is 0 Å². The zero-order chi connectivity index (χ0) is 12.2. The van der Waals surface area contributed by atoms with Gasteiger partial charge in [-0.05, 0) is 80.8 Å². The monoisotopic (exact) mass is 246 g/mol. The first kappa shape index (κ1) is 11.5. The second-order valence-corrected chi connectivity index (χ2v) is 7.34. The smallest absolute Gasteiger partial charge is 0.00155 e.